The molecule has 0 unspecified atom stereocenters. The summed E-state index contributed by atoms with van der Waals surface area (Å²) in [6.07, 6.45) is 4.15. The summed E-state index contributed by atoms with van der Waals surface area (Å²) in [5.41, 5.74) is 0.434. The zero-order valence-electron chi connectivity index (χ0n) is 8.96. The summed E-state index contributed by atoms with van der Waals surface area (Å²) >= 11 is 0. The SMILES string of the molecule is CCOCCC12CC(CS(=O)(=O)Cl)(C1)C2. The quantitative estimate of drug-likeness (QED) is 0.537. The van der Waals surface area contributed by atoms with Crippen molar-refractivity contribution in [1.29, 1.82) is 0 Å². The minimum Gasteiger partial charge on any atom is -0.382 e. The minimum atomic E-state index is -3.32. The highest BCUT2D eigenvalue weighted by Gasteiger charge is 2.67. The van der Waals surface area contributed by atoms with Crippen LogP contribution < -0.4 is 0 Å². The third-order valence-corrected chi connectivity index (χ3v) is 4.99. The summed E-state index contributed by atoms with van der Waals surface area (Å²) < 4.78 is 27.3. The van der Waals surface area contributed by atoms with E-state index in [1.165, 1.54) is 0 Å². The van der Waals surface area contributed by atoms with E-state index in [0.717, 1.165) is 38.9 Å². The normalized spacial score (nSPS) is 38.3. The molecule has 3 aliphatic carbocycles. The van der Waals surface area contributed by atoms with E-state index in [1.54, 1.807) is 0 Å². The zero-order valence-corrected chi connectivity index (χ0v) is 10.5. The Morgan fingerprint density at radius 3 is 2.33 bits per heavy atom. The molecule has 0 N–H and O–H groups in total. The topological polar surface area (TPSA) is 43.4 Å². The Hall–Kier alpha value is 0.200. The van der Waals surface area contributed by atoms with Crippen molar-refractivity contribution >= 4 is 19.7 Å². The van der Waals surface area contributed by atoms with Gasteiger partial charge in [0.1, 0.15) is 0 Å². The molecule has 88 valence electrons. The van der Waals surface area contributed by atoms with Gasteiger partial charge in [-0.3, -0.25) is 0 Å². The molecule has 0 heterocycles. The van der Waals surface area contributed by atoms with Crippen LogP contribution in [0, 0.1) is 10.8 Å². The van der Waals surface area contributed by atoms with Crippen LogP contribution >= 0.6 is 10.7 Å². The molecule has 3 fully saturated rings. The lowest BCUT2D eigenvalue weighted by atomic mass is 9.35. The maximum atomic E-state index is 11.0. The molecule has 0 aromatic heterocycles. The summed E-state index contributed by atoms with van der Waals surface area (Å²) in [6, 6.07) is 0. The molecule has 0 spiro atoms. The molecule has 0 radical (unpaired) electrons. The second-order valence-corrected chi connectivity index (χ2v) is 7.94. The van der Waals surface area contributed by atoms with Gasteiger partial charge in [-0.15, -0.1) is 0 Å². The van der Waals surface area contributed by atoms with Gasteiger partial charge in [-0.25, -0.2) is 8.42 Å². The Labute approximate surface area is 95.6 Å². The van der Waals surface area contributed by atoms with E-state index in [9.17, 15) is 8.42 Å². The van der Waals surface area contributed by atoms with Crippen LogP contribution in [-0.4, -0.2) is 27.4 Å². The first-order valence-corrected chi connectivity index (χ1v) is 7.87. The first kappa shape index (κ1) is 11.7. The third kappa shape index (κ3) is 2.32. The van der Waals surface area contributed by atoms with Crippen LogP contribution in [0.2, 0.25) is 0 Å². The molecule has 0 aromatic rings. The molecule has 0 amide bonds. The van der Waals surface area contributed by atoms with E-state index in [-0.39, 0.29) is 11.2 Å². The van der Waals surface area contributed by atoms with Gasteiger partial charge in [0.05, 0.1) is 5.75 Å². The van der Waals surface area contributed by atoms with Gasteiger partial charge in [0.25, 0.3) is 0 Å². The van der Waals surface area contributed by atoms with Gasteiger partial charge in [0, 0.05) is 23.9 Å². The predicted octanol–water partition coefficient (Wildman–Crippen LogP) is 2.15. The van der Waals surface area contributed by atoms with E-state index >= 15 is 0 Å². The van der Waals surface area contributed by atoms with E-state index in [2.05, 4.69) is 0 Å². The van der Waals surface area contributed by atoms with Crippen molar-refractivity contribution in [3.05, 3.63) is 0 Å². The van der Waals surface area contributed by atoms with Crippen LogP contribution in [0.25, 0.3) is 0 Å². The number of halogens is 1. The molecule has 3 rings (SSSR count). The predicted molar refractivity (Wildman–Crippen MR) is 59.5 cm³/mol. The molecular formula is C10H17ClO3S. The highest BCUT2D eigenvalue weighted by molar-refractivity contribution is 8.13. The lowest BCUT2D eigenvalue weighted by molar-refractivity contribution is -0.197. The highest BCUT2D eigenvalue weighted by Crippen LogP contribution is 2.75. The second-order valence-electron chi connectivity index (χ2n) is 5.16. The van der Waals surface area contributed by atoms with E-state index in [0.29, 0.717) is 5.41 Å². The fourth-order valence-corrected chi connectivity index (χ4v) is 5.18. The van der Waals surface area contributed by atoms with Gasteiger partial charge in [0.2, 0.25) is 9.05 Å². The second kappa shape index (κ2) is 3.60. The van der Waals surface area contributed by atoms with Crippen LogP contribution in [0.5, 0.6) is 0 Å². The third-order valence-electron chi connectivity index (χ3n) is 3.71. The van der Waals surface area contributed by atoms with Crippen LogP contribution in [0.4, 0.5) is 0 Å². The summed E-state index contributed by atoms with van der Waals surface area (Å²) in [5, 5.41) is 0. The maximum absolute atomic E-state index is 11.0. The van der Waals surface area contributed by atoms with E-state index < -0.39 is 9.05 Å². The largest absolute Gasteiger partial charge is 0.382 e. The Balaban J connectivity index is 1.75. The number of hydrogen-bond donors (Lipinski definition) is 0. The summed E-state index contributed by atoms with van der Waals surface area (Å²) in [7, 11) is 1.96. The van der Waals surface area contributed by atoms with Crippen molar-refractivity contribution in [2.45, 2.75) is 32.6 Å². The van der Waals surface area contributed by atoms with Crippen LogP contribution in [0.15, 0.2) is 0 Å². The van der Waals surface area contributed by atoms with Crippen molar-refractivity contribution in [2.24, 2.45) is 10.8 Å². The fraction of sp³-hybridized carbons (Fsp3) is 1.00. The molecule has 3 aliphatic rings. The maximum Gasteiger partial charge on any atom is 0.233 e. The van der Waals surface area contributed by atoms with Crippen molar-refractivity contribution in [3.8, 4) is 0 Å². The van der Waals surface area contributed by atoms with Crippen LogP contribution in [0.3, 0.4) is 0 Å². The monoisotopic (exact) mass is 252 g/mol. The van der Waals surface area contributed by atoms with Crippen LogP contribution in [0.1, 0.15) is 32.6 Å². The smallest absolute Gasteiger partial charge is 0.233 e. The number of rotatable bonds is 6. The summed E-state index contributed by atoms with van der Waals surface area (Å²) in [6.45, 7) is 3.56. The average Bonchev–Trinajstić information content (AvgIpc) is 1.95. The minimum absolute atomic E-state index is 0.0345. The van der Waals surface area contributed by atoms with Crippen molar-refractivity contribution in [2.75, 3.05) is 19.0 Å². The Morgan fingerprint density at radius 1 is 1.27 bits per heavy atom. The molecule has 0 saturated heterocycles. The summed E-state index contributed by atoms with van der Waals surface area (Å²) in [4.78, 5) is 0. The van der Waals surface area contributed by atoms with E-state index in [1.807, 2.05) is 6.92 Å². The molecule has 5 heteroatoms. The van der Waals surface area contributed by atoms with Crippen molar-refractivity contribution in [3.63, 3.8) is 0 Å². The standard InChI is InChI=1S/C10H17ClO3S/c1-2-14-4-3-9-5-10(6-9,7-9)8-15(11,12)13/h2-8H2,1H3. The molecule has 0 aliphatic heterocycles. The van der Waals surface area contributed by atoms with E-state index in [4.69, 9.17) is 15.4 Å². The van der Waals surface area contributed by atoms with Gasteiger partial charge in [-0.1, -0.05) is 0 Å². The Kier molecular flexibility index (Phi) is 2.81. The van der Waals surface area contributed by atoms with Crippen molar-refractivity contribution < 1.29 is 13.2 Å². The molecule has 3 nitrogen and oxygen atoms in total. The highest BCUT2D eigenvalue weighted by atomic mass is 35.7. The lowest BCUT2D eigenvalue weighted by Crippen LogP contribution is -2.64. The Bertz CT molecular complexity index is 330. The molecule has 2 bridgehead atoms. The lowest BCUT2D eigenvalue weighted by Gasteiger charge is -2.71. The van der Waals surface area contributed by atoms with Gasteiger partial charge in [-0.2, -0.15) is 0 Å². The molecule has 15 heavy (non-hydrogen) atoms. The van der Waals surface area contributed by atoms with Gasteiger partial charge >= 0.3 is 0 Å². The molecule has 3 saturated carbocycles. The molecule has 0 atom stereocenters. The Morgan fingerprint density at radius 2 is 1.87 bits per heavy atom. The van der Waals surface area contributed by atoms with Crippen molar-refractivity contribution in [1.82, 2.24) is 0 Å². The first-order valence-electron chi connectivity index (χ1n) is 5.39. The van der Waals surface area contributed by atoms with Gasteiger partial charge in [-0.05, 0) is 43.4 Å². The number of ether oxygens (including phenoxy) is 1. The van der Waals surface area contributed by atoms with Gasteiger partial charge < -0.3 is 4.74 Å². The summed E-state index contributed by atoms with van der Waals surface area (Å²) in [5.74, 6) is 0.165. The molecule has 0 aromatic carbocycles. The zero-order chi connectivity index (χ0) is 11.2. The average molecular weight is 253 g/mol. The van der Waals surface area contributed by atoms with Gasteiger partial charge in [0.15, 0.2) is 0 Å². The fourth-order valence-electron chi connectivity index (χ4n) is 3.45. The number of hydrogen-bond acceptors (Lipinski definition) is 3. The first-order chi connectivity index (χ1) is 6.89. The van der Waals surface area contributed by atoms with Crippen LogP contribution in [-0.2, 0) is 13.8 Å². The molecular weight excluding hydrogens is 236 g/mol.